The first-order valence-corrected chi connectivity index (χ1v) is 9.42. The molecule has 0 atom stereocenters. The molecule has 3 rings (SSSR count). The molecule has 1 aliphatic heterocycles. The summed E-state index contributed by atoms with van der Waals surface area (Å²) in [6.45, 7) is 9.05. The Labute approximate surface area is 162 Å². The minimum Gasteiger partial charge on any atom is -0.368 e. The van der Waals surface area contributed by atoms with E-state index in [4.69, 9.17) is 5.73 Å². The summed E-state index contributed by atoms with van der Waals surface area (Å²) in [6, 6.07) is 4.32. The molecule has 138 valence electrons. The number of hydrogen-bond donors (Lipinski definition) is 1. The van der Waals surface area contributed by atoms with Crippen LogP contribution in [0.5, 0.6) is 0 Å². The van der Waals surface area contributed by atoms with E-state index >= 15 is 0 Å². The number of carbonyl (C=O) groups is 1. The summed E-state index contributed by atoms with van der Waals surface area (Å²) >= 11 is 3.57. The Morgan fingerprint density at radius 2 is 1.92 bits per heavy atom. The molecular weight excluding hydrogens is 394 g/mol. The Balaban J connectivity index is 2.04. The van der Waals surface area contributed by atoms with Crippen molar-refractivity contribution >= 4 is 27.9 Å². The Kier molecular flexibility index (Phi) is 4.92. The summed E-state index contributed by atoms with van der Waals surface area (Å²) in [5.41, 5.74) is 11.9. The molecule has 7 heteroatoms. The highest BCUT2D eigenvalue weighted by atomic mass is 79.9. The highest BCUT2D eigenvalue weighted by Gasteiger charge is 2.31. The van der Waals surface area contributed by atoms with Gasteiger partial charge in [0.05, 0.1) is 24.5 Å². The summed E-state index contributed by atoms with van der Waals surface area (Å²) in [6.07, 6.45) is 0. The summed E-state index contributed by atoms with van der Waals surface area (Å²) in [5.74, 6) is 0.241. The first-order valence-electron chi connectivity index (χ1n) is 8.63. The van der Waals surface area contributed by atoms with E-state index in [9.17, 15) is 4.79 Å². The normalized spacial score (nSPS) is 13.3. The number of rotatable bonds is 2. The van der Waals surface area contributed by atoms with Gasteiger partial charge in [0, 0.05) is 28.7 Å². The molecule has 1 aliphatic rings. The predicted molar refractivity (Wildman–Crippen MR) is 107 cm³/mol. The van der Waals surface area contributed by atoms with Crippen molar-refractivity contribution in [2.75, 3.05) is 12.8 Å². The van der Waals surface area contributed by atoms with Crippen LogP contribution in [0.1, 0.15) is 36.2 Å². The lowest BCUT2D eigenvalue weighted by molar-refractivity contribution is 0.152. The van der Waals surface area contributed by atoms with Crippen molar-refractivity contribution in [1.29, 1.82) is 0 Å². The van der Waals surface area contributed by atoms with Crippen molar-refractivity contribution in [2.45, 2.75) is 46.8 Å². The van der Waals surface area contributed by atoms with Gasteiger partial charge in [0.2, 0.25) is 5.95 Å². The van der Waals surface area contributed by atoms with Crippen LogP contribution in [-0.4, -0.2) is 38.9 Å². The van der Waals surface area contributed by atoms with Crippen molar-refractivity contribution in [3.05, 3.63) is 39.0 Å². The van der Waals surface area contributed by atoms with Crippen molar-refractivity contribution in [3.8, 4) is 11.3 Å². The van der Waals surface area contributed by atoms with Crippen LogP contribution in [0, 0.1) is 13.8 Å². The predicted octanol–water partition coefficient (Wildman–Crippen LogP) is 3.88. The van der Waals surface area contributed by atoms with Crippen LogP contribution in [0.2, 0.25) is 0 Å². The average Bonchev–Trinajstić information content (AvgIpc) is 2.99. The number of nitrogens with two attached hydrogens (primary N) is 1. The van der Waals surface area contributed by atoms with Crippen LogP contribution >= 0.6 is 15.9 Å². The van der Waals surface area contributed by atoms with Gasteiger partial charge in [-0.05, 0) is 51.0 Å². The van der Waals surface area contributed by atoms with E-state index in [1.165, 1.54) is 0 Å². The lowest BCUT2D eigenvalue weighted by Crippen LogP contribution is -2.41. The van der Waals surface area contributed by atoms with Gasteiger partial charge in [-0.25, -0.2) is 14.8 Å². The Morgan fingerprint density at radius 1 is 1.23 bits per heavy atom. The smallest absolute Gasteiger partial charge is 0.320 e. The number of nitrogens with zero attached hydrogens (tertiary/aromatic N) is 4. The van der Waals surface area contributed by atoms with Gasteiger partial charge in [-0.2, -0.15) is 0 Å². The number of benzene rings is 1. The fourth-order valence-corrected chi connectivity index (χ4v) is 3.57. The van der Waals surface area contributed by atoms with Crippen molar-refractivity contribution < 1.29 is 4.79 Å². The number of hydrogen-bond acceptors (Lipinski definition) is 4. The maximum absolute atomic E-state index is 12.7. The fraction of sp³-hybridized carbons (Fsp3) is 0.421. The van der Waals surface area contributed by atoms with Crippen LogP contribution in [0.3, 0.4) is 0 Å². The molecule has 2 amide bonds. The van der Waals surface area contributed by atoms with Crippen LogP contribution in [0.25, 0.3) is 11.3 Å². The van der Waals surface area contributed by atoms with Crippen molar-refractivity contribution in [3.63, 3.8) is 0 Å². The summed E-state index contributed by atoms with van der Waals surface area (Å²) in [4.78, 5) is 25.2. The van der Waals surface area contributed by atoms with Gasteiger partial charge in [-0.1, -0.05) is 15.9 Å². The third-order valence-corrected chi connectivity index (χ3v) is 5.76. The molecule has 0 bridgehead atoms. The zero-order valence-electron chi connectivity index (χ0n) is 15.8. The molecule has 6 nitrogen and oxygen atoms in total. The quantitative estimate of drug-likeness (QED) is 0.803. The van der Waals surface area contributed by atoms with E-state index in [-0.39, 0.29) is 18.0 Å². The fourth-order valence-electron chi connectivity index (χ4n) is 3.11. The minimum absolute atomic E-state index is 0.00812. The summed E-state index contributed by atoms with van der Waals surface area (Å²) < 4.78 is 1.06. The highest BCUT2D eigenvalue weighted by molar-refractivity contribution is 9.10. The third kappa shape index (κ3) is 3.28. The number of halogens is 1. The van der Waals surface area contributed by atoms with E-state index in [1.807, 2.05) is 27.8 Å². The second kappa shape index (κ2) is 6.87. The van der Waals surface area contributed by atoms with Gasteiger partial charge in [-0.3, -0.25) is 0 Å². The average molecular weight is 418 g/mol. The lowest BCUT2D eigenvalue weighted by atomic mass is 9.99. The van der Waals surface area contributed by atoms with E-state index in [0.717, 1.165) is 38.1 Å². The molecule has 0 aliphatic carbocycles. The number of carbonyl (C=O) groups excluding carboxylic acids is 1. The minimum atomic E-state index is -0.00812. The number of fused-ring (bicyclic) bond motifs is 1. The molecule has 2 aromatic rings. The van der Waals surface area contributed by atoms with Gasteiger partial charge >= 0.3 is 6.03 Å². The summed E-state index contributed by atoms with van der Waals surface area (Å²) in [5, 5.41) is 0. The molecule has 1 aromatic carbocycles. The van der Waals surface area contributed by atoms with E-state index in [2.05, 4.69) is 45.0 Å². The molecule has 0 spiro atoms. The molecule has 0 saturated heterocycles. The van der Waals surface area contributed by atoms with Crippen LogP contribution in [-0.2, 0) is 13.1 Å². The molecule has 0 unspecified atom stereocenters. The number of aryl methyl sites for hydroxylation is 2. The molecule has 2 heterocycles. The van der Waals surface area contributed by atoms with Crippen LogP contribution in [0.4, 0.5) is 10.7 Å². The number of anilines is 1. The molecule has 0 radical (unpaired) electrons. The standard InChI is InChI=1S/C19H24BrN5O/c1-10(2)24(5)19(26)25-8-14-16(9-25)22-18(21)23-17(14)13-6-12(4)15(20)7-11(13)3/h6-7,10H,8-9H2,1-5H3,(H2,21,22,23). The maximum atomic E-state index is 12.7. The maximum Gasteiger partial charge on any atom is 0.320 e. The SMILES string of the molecule is Cc1cc(-c2nc(N)nc3c2CN(C(=O)N(C)C(C)C)C3)c(C)cc1Br. The number of aromatic nitrogens is 2. The molecule has 1 aromatic heterocycles. The summed E-state index contributed by atoms with van der Waals surface area (Å²) in [7, 11) is 1.82. The van der Waals surface area contributed by atoms with Gasteiger partial charge in [0.15, 0.2) is 0 Å². The number of amides is 2. The van der Waals surface area contributed by atoms with E-state index < -0.39 is 0 Å². The van der Waals surface area contributed by atoms with Crippen LogP contribution < -0.4 is 5.73 Å². The third-order valence-electron chi connectivity index (χ3n) is 4.91. The first-order chi connectivity index (χ1) is 12.2. The topological polar surface area (TPSA) is 75.3 Å². The monoisotopic (exact) mass is 417 g/mol. The van der Waals surface area contributed by atoms with E-state index in [0.29, 0.717) is 13.1 Å². The van der Waals surface area contributed by atoms with Gasteiger partial charge in [-0.15, -0.1) is 0 Å². The molecule has 26 heavy (non-hydrogen) atoms. The molecule has 0 fully saturated rings. The Bertz CT molecular complexity index is 881. The zero-order valence-corrected chi connectivity index (χ0v) is 17.4. The zero-order chi connectivity index (χ0) is 19.2. The second-order valence-electron chi connectivity index (χ2n) is 7.12. The number of nitrogen functional groups attached to an aromatic ring is 1. The number of urea groups is 1. The van der Waals surface area contributed by atoms with Crippen LogP contribution in [0.15, 0.2) is 16.6 Å². The molecular formula is C19H24BrN5O. The Hall–Kier alpha value is -2.15. The Morgan fingerprint density at radius 3 is 2.58 bits per heavy atom. The first kappa shape index (κ1) is 18.6. The highest BCUT2D eigenvalue weighted by Crippen LogP contribution is 2.35. The molecule has 0 saturated carbocycles. The van der Waals surface area contributed by atoms with E-state index in [1.54, 1.807) is 9.80 Å². The van der Waals surface area contributed by atoms with Gasteiger partial charge in [0.1, 0.15) is 0 Å². The molecule has 2 N–H and O–H groups in total. The van der Waals surface area contributed by atoms with Crippen molar-refractivity contribution in [2.24, 2.45) is 0 Å². The lowest BCUT2D eigenvalue weighted by Gasteiger charge is -2.27. The van der Waals surface area contributed by atoms with Gasteiger partial charge in [0.25, 0.3) is 0 Å². The largest absolute Gasteiger partial charge is 0.368 e. The second-order valence-corrected chi connectivity index (χ2v) is 7.97. The van der Waals surface area contributed by atoms with Crippen molar-refractivity contribution in [1.82, 2.24) is 19.8 Å². The van der Waals surface area contributed by atoms with Gasteiger partial charge < -0.3 is 15.5 Å².